The van der Waals surface area contributed by atoms with Gasteiger partial charge in [0, 0.05) is 18.1 Å². The van der Waals surface area contributed by atoms with Crippen LogP contribution in [0.2, 0.25) is 0 Å². The summed E-state index contributed by atoms with van der Waals surface area (Å²) in [4.78, 5) is 17.5. The zero-order chi connectivity index (χ0) is 16.6. The van der Waals surface area contributed by atoms with Crippen molar-refractivity contribution in [3.8, 4) is 6.07 Å². The van der Waals surface area contributed by atoms with Gasteiger partial charge in [-0.1, -0.05) is 0 Å². The van der Waals surface area contributed by atoms with Crippen LogP contribution in [0.4, 0.5) is 10.1 Å². The van der Waals surface area contributed by atoms with Crippen LogP contribution in [0.1, 0.15) is 11.1 Å². The summed E-state index contributed by atoms with van der Waals surface area (Å²) in [6.07, 6.45) is 0.713. The summed E-state index contributed by atoms with van der Waals surface area (Å²) >= 11 is 0. The Labute approximate surface area is 132 Å². The average molecular weight is 314 g/mol. The molecule has 0 bridgehead atoms. The van der Waals surface area contributed by atoms with Crippen LogP contribution in [0.5, 0.6) is 0 Å². The van der Waals surface area contributed by atoms with Crippen molar-refractivity contribution in [2.24, 2.45) is 5.73 Å². The van der Waals surface area contributed by atoms with Gasteiger partial charge in [-0.2, -0.15) is 5.26 Å². The molecular weight excluding hydrogens is 299 g/mol. The van der Waals surface area contributed by atoms with E-state index in [9.17, 15) is 14.4 Å². The maximum Gasteiger partial charge on any atom is 0.248 e. The highest BCUT2D eigenvalue weighted by molar-refractivity contribution is 5.96. The van der Waals surface area contributed by atoms with Gasteiger partial charge >= 0.3 is 0 Å². The van der Waals surface area contributed by atoms with E-state index in [-0.39, 0.29) is 6.54 Å². The summed E-state index contributed by atoms with van der Waals surface area (Å²) in [6, 6.07) is 4.85. The number of carbonyl (C=O) groups excluding carboxylic acids is 1. The Hall–Kier alpha value is -2.72. The molecule has 0 radical (unpaired) electrons. The lowest BCUT2D eigenvalue weighted by molar-refractivity contribution is -0.130. The number of nitriles is 1. The quantitative estimate of drug-likeness (QED) is 0.900. The molecule has 2 N–H and O–H groups in total. The third-order valence-corrected chi connectivity index (χ3v) is 3.92. The third-order valence-electron chi connectivity index (χ3n) is 3.92. The Morgan fingerprint density at radius 1 is 1.57 bits per heavy atom. The highest BCUT2D eigenvalue weighted by Crippen LogP contribution is 2.32. The Morgan fingerprint density at radius 2 is 2.35 bits per heavy atom. The van der Waals surface area contributed by atoms with Crippen LogP contribution in [-0.4, -0.2) is 36.7 Å². The number of pyridine rings is 1. The molecule has 1 saturated heterocycles. The van der Waals surface area contributed by atoms with Crippen LogP contribution in [0.3, 0.4) is 0 Å². The van der Waals surface area contributed by atoms with Crippen molar-refractivity contribution in [1.82, 2.24) is 4.98 Å². The molecule has 1 fully saturated rings. The van der Waals surface area contributed by atoms with E-state index in [1.807, 2.05) is 4.90 Å². The molecule has 2 heterocycles. The number of nitrogens with zero attached hydrogens (tertiary/aromatic N) is 3. The van der Waals surface area contributed by atoms with Crippen molar-refractivity contribution < 1.29 is 13.9 Å². The largest absolute Gasteiger partial charge is 0.367 e. The molecule has 0 aliphatic carbocycles. The highest BCUT2D eigenvalue weighted by Gasteiger charge is 2.27. The smallest absolute Gasteiger partial charge is 0.248 e. The predicted molar refractivity (Wildman–Crippen MR) is 82.3 cm³/mol. The second kappa shape index (κ2) is 5.82. The normalized spacial score (nSPS) is 18.0. The van der Waals surface area contributed by atoms with Crippen LogP contribution in [0.25, 0.3) is 10.9 Å². The van der Waals surface area contributed by atoms with Gasteiger partial charge in [0.25, 0.3) is 0 Å². The molecule has 3 rings (SSSR count). The van der Waals surface area contributed by atoms with Crippen molar-refractivity contribution in [1.29, 1.82) is 5.26 Å². The molecule has 2 aromatic rings. The van der Waals surface area contributed by atoms with Gasteiger partial charge in [-0.05, 0) is 24.6 Å². The first-order valence-corrected chi connectivity index (χ1v) is 7.16. The minimum atomic E-state index is -0.756. The van der Waals surface area contributed by atoms with Crippen LogP contribution in [-0.2, 0) is 9.53 Å². The van der Waals surface area contributed by atoms with E-state index >= 15 is 0 Å². The standard InChI is InChI=1S/C16H15FN4O2/c1-9-4-11(17)5-12-14(9)20-7-10(6-18)15(12)21-2-3-23-13(8-21)16(19)22/h4-5,7,13H,2-3,8H2,1H3,(H2,19,22)/t13-/m0/s1. The van der Waals surface area contributed by atoms with Crippen molar-refractivity contribution in [2.45, 2.75) is 13.0 Å². The fourth-order valence-corrected chi connectivity index (χ4v) is 2.87. The fraction of sp³-hybridized carbons (Fsp3) is 0.312. The number of benzene rings is 1. The lowest BCUT2D eigenvalue weighted by atomic mass is 10.0. The maximum absolute atomic E-state index is 13.9. The van der Waals surface area contributed by atoms with E-state index in [4.69, 9.17) is 10.5 Å². The molecule has 1 atom stereocenters. The SMILES string of the molecule is Cc1cc(F)cc2c(N3CCO[C@H](C(N)=O)C3)c(C#N)cnc12. The summed E-state index contributed by atoms with van der Waals surface area (Å²) in [6.45, 7) is 2.77. The number of amides is 1. The van der Waals surface area contributed by atoms with Gasteiger partial charge in [0.15, 0.2) is 6.10 Å². The number of fused-ring (bicyclic) bond motifs is 1. The number of ether oxygens (including phenoxy) is 1. The minimum Gasteiger partial charge on any atom is -0.367 e. The molecule has 0 saturated carbocycles. The number of halogens is 1. The number of morpholine rings is 1. The molecular formula is C16H15FN4O2. The highest BCUT2D eigenvalue weighted by atomic mass is 19.1. The molecule has 0 spiro atoms. The number of primary amides is 1. The third kappa shape index (κ3) is 2.69. The van der Waals surface area contributed by atoms with E-state index in [0.29, 0.717) is 40.9 Å². The molecule has 23 heavy (non-hydrogen) atoms. The summed E-state index contributed by atoms with van der Waals surface area (Å²) in [7, 11) is 0. The van der Waals surface area contributed by atoms with Crippen molar-refractivity contribution in [3.05, 3.63) is 35.3 Å². The van der Waals surface area contributed by atoms with E-state index in [0.717, 1.165) is 0 Å². The molecule has 1 amide bonds. The predicted octanol–water partition coefficient (Wildman–Crippen LogP) is 1.24. The van der Waals surface area contributed by atoms with E-state index in [1.54, 1.807) is 6.92 Å². The van der Waals surface area contributed by atoms with Gasteiger partial charge in [-0.3, -0.25) is 9.78 Å². The number of aryl methyl sites for hydroxylation is 1. The zero-order valence-electron chi connectivity index (χ0n) is 12.5. The Kier molecular flexibility index (Phi) is 3.84. The van der Waals surface area contributed by atoms with Gasteiger partial charge in [-0.15, -0.1) is 0 Å². The van der Waals surface area contributed by atoms with Gasteiger partial charge in [0.05, 0.1) is 29.9 Å². The van der Waals surface area contributed by atoms with E-state index in [2.05, 4.69) is 11.1 Å². The summed E-state index contributed by atoms with van der Waals surface area (Å²) in [5.74, 6) is -0.957. The first-order chi connectivity index (χ1) is 11.0. The summed E-state index contributed by atoms with van der Waals surface area (Å²) in [5, 5.41) is 9.94. The fourth-order valence-electron chi connectivity index (χ4n) is 2.87. The monoisotopic (exact) mass is 314 g/mol. The van der Waals surface area contributed by atoms with Crippen LogP contribution in [0.15, 0.2) is 18.3 Å². The number of rotatable bonds is 2. The van der Waals surface area contributed by atoms with Crippen molar-refractivity contribution in [2.75, 3.05) is 24.6 Å². The number of hydrogen-bond acceptors (Lipinski definition) is 5. The molecule has 7 heteroatoms. The summed E-state index contributed by atoms with van der Waals surface area (Å²) in [5.41, 5.74) is 7.51. The van der Waals surface area contributed by atoms with Crippen molar-refractivity contribution in [3.63, 3.8) is 0 Å². The van der Waals surface area contributed by atoms with Gasteiger partial charge < -0.3 is 15.4 Å². The second-order valence-electron chi connectivity index (χ2n) is 5.46. The Balaban J connectivity index is 2.18. The first kappa shape index (κ1) is 15.2. The molecule has 1 aromatic heterocycles. The zero-order valence-corrected chi connectivity index (χ0v) is 12.5. The van der Waals surface area contributed by atoms with Gasteiger partial charge in [0.1, 0.15) is 11.9 Å². The number of aromatic nitrogens is 1. The number of anilines is 1. The lowest BCUT2D eigenvalue weighted by Gasteiger charge is -2.34. The molecule has 1 aliphatic heterocycles. The average Bonchev–Trinajstić information content (AvgIpc) is 2.53. The number of nitrogens with two attached hydrogens (primary N) is 1. The van der Waals surface area contributed by atoms with E-state index < -0.39 is 17.8 Å². The van der Waals surface area contributed by atoms with Crippen LogP contribution in [0, 0.1) is 24.1 Å². The molecule has 1 aliphatic rings. The van der Waals surface area contributed by atoms with Crippen LogP contribution >= 0.6 is 0 Å². The second-order valence-corrected chi connectivity index (χ2v) is 5.46. The molecule has 0 unspecified atom stereocenters. The van der Waals surface area contributed by atoms with Gasteiger partial charge in [-0.25, -0.2) is 4.39 Å². The van der Waals surface area contributed by atoms with Crippen molar-refractivity contribution >= 4 is 22.5 Å². The minimum absolute atomic E-state index is 0.221. The first-order valence-electron chi connectivity index (χ1n) is 7.16. The van der Waals surface area contributed by atoms with E-state index in [1.165, 1.54) is 18.3 Å². The maximum atomic E-state index is 13.9. The Bertz CT molecular complexity index is 831. The Morgan fingerprint density at radius 3 is 3.04 bits per heavy atom. The summed E-state index contributed by atoms with van der Waals surface area (Å²) < 4.78 is 19.2. The van der Waals surface area contributed by atoms with Gasteiger partial charge in [0.2, 0.25) is 5.91 Å². The molecule has 118 valence electrons. The number of carbonyl (C=O) groups is 1. The topological polar surface area (TPSA) is 92.2 Å². The number of hydrogen-bond donors (Lipinski definition) is 1. The lowest BCUT2D eigenvalue weighted by Crippen LogP contribution is -2.48. The molecule has 6 nitrogen and oxygen atoms in total. The van der Waals surface area contributed by atoms with Crippen LogP contribution < -0.4 is 10.6 Å². The molecule has 1 aromatic carbocycles.